The van der Waals surface area contributed by atoms with E-state index in [0.717, 1.165) is 13.0 Å². The van der Waals surface area contributed by atoms with Crippen LogP contribution in [0.4, 0.5) is 8.78 Å². The van der Waals surface area contributed by atoms with E-state index in [-0.39, 0.29) is 5.56 Å². The molecule has 1 aromatic rings. The maximum absolute atomic E-state index is 13.5. The van der Waals surface area contributed by atoms with Gasteiger partial charge in [0.05, 0.1) is 0 Å². The number of rotatable bonds is 2. The standard InChI is InChI=1S/C10H10F2O2/c1-6-3-4-7(5-8(6)11)10(2,12)9(13)14/h3-5H,1-2H3,(H,13,14). The Morgan fingerprint density at radius 3 is 2.50 bits per heavy atom. The molecule has 0 aliphatic heterocycles. The van der Waals surface area contributed by atoms with Crippen molar-refractivity contribution in [1.29, 1.82) is 0 Å². The topological polar surface area (TPSA) is 37.3 Å². The van der Waals surface area contributed by atoms with Gasteiger partial charge < -0.3 is 5.11 Å². The summed E-state index contributed by atoms with van der Waals surface area (Å²) in [6.07, 6.45) is 0. The molecular weight excluding hydrogens is 190 g/mol. The number of hydrogen-bond donors (Lipinski definition) is 1. The third-order valence-corrected chi connectivity index (χ3v) is 2.12. The number of alkyl halides is 1. The first-order valence-corrected chi connectivity index (χ1v) is 4.04. The predicted molar refractivity (Wildman–Crippen MR) is 47.2 cm³/mol. The van der Waals surface area contributed by atoms with Gasteiger partial charge in [0.1, 0.15) is 5.82 Å². The van der Waals surface area contributed by atoms with E-state index in [1.54, 1.807) is 0 Å². The monoisotopic (exact) mass is 200 g/mol. The summed E-state index contributed by atoms with van der Waals surface area (Å²) in [5, 5.41) is 8.56. The highest BCUT2D eigenvalue weighted by molar-refractivity contribution is 5.78. The van der Waals surface area contributed by atoms with E-state index in [2.05, 4.69) is 0 Å². The number of carboxylic acid groups (broad SMARTS) is 1. The molecule has 2 nitrogen and oxygen atoms in total. The summed E-state index contributed by atoms with van der Waals surface area (Å²) in [5.74, 6) is -2.23. The van der Waals surface area contributed by atoms with Gasteiger partial charge in [-0.3, -0.25) is 0 Å². The molecule has 1 atom stereocenters. The summed E-state index contributed by atoms with van der Waals surface area (Å²) in [5.41, 5.74) is -2.38. The number of benzene rings is 1. The Morgan fingerprint density at radius 2 is 2.07 bits per heavy atom. The number of aliphatic carboxylic acids is 1. The van der Waals surface area contributed by atoms with Crippen LogP contribution >= 0.6 is 0 Å². The van der Waals surface area contributed by atoms with Crippen molar-refractivity contribution in [3.8, 4) is 0 Å². The summed E-state index contributed by atoms with van der Waals surface area (Å²) in [4.78, 5) is 10.5. The smallest absolute Gasteiger partial charge is 0.345 e. The summed E-state index contributed by atoms with van der Waals surface area (Å²) in [7, 11) is 0. The number of halogens is 2. The van der Waals surface area contributed by atoms with Gasteiger partial charge in [0, 0.05) is 5.56 Å². The van der Waals surface area contributed by atoms with Gasteiger partial charge in [0.2, 0.25) is 5.67 Å². The van der Waals surface area contributed by atoms with Crippen molar-refractivity contribution < 1.29 is 18.7 Å². The Hall–Kier alpha value is -1.45. The Kier molecular flexibility index (Phi) is 2.55. The lowest BCUT2D eigenvalue weighted by Gasteiger charge is -2.15. The van der Waals surface area contributed by atoms with Crippen molar-refractivity contribution in [2.24, 2.45) is 0 Å². The molecule has 0 saturated heterocycles. The van der Waals surface area contributed by atoms with Gasteiger partial charge in [-0.15, -0.1) is 0 Å². The van der Waals surface area contributed by atoms with Crippen molar-refractivity contribution in [1.82, 2.24) is 0 Å². The lowest BCUT2D eigenvalue weighted by atomic mass is 9.97. The molecule has 0 fully saturated rings. The molecule has 4 heteroatoms. The zero-order valence-corrected chi connectivity index (χ0v) is 7.84. The Morgan fingerprint density at radius 1 is 1.50 bits per heavy atom. The Bertz CT molecular complexity index is 372. The fourth-order valence-electron chi connectivity index (χ4n) is 1.01. The van der Waals surface area contributed by atoms with Gasteiger partial charge >= 0.3 is 5.97 Å². The number of carbonyl (C=O) groups is 1. The molecule has 0 radical (unpaired) electrons. The molecule has 1 N–H and O–H groups in total. The van der Waals surface area contributed by atoms with E-state index >= 15 is 0 Å². The van der Waals surface area contributed by atoms with Crippen molar-refractivity contribution in [3.63, 3.8) is 0 Å². The Balaban J connectivity index is 3.21. The molecule has 0 aromatic heterocycles. The van der Waals surface area contributed by atoms with Crippen LogP contribution in [0.5, 0.6) is 0 Å². The van der Waals surface area contributed by atoms with Gasteiger partial charge in [-0.25, -0.2) is 13.6 Å². The molecule has 0 saturated carbocycles. The zero-order valence-electron chi connectivity index (χ0n) is 7.84. The highest BCUT2D eigenvalue weighted by atomic mass is 19.1. The first-order valence-electron chi connectivity index (χ1n) is 4.04. The van der Waals surface area contributed by atoms with E-state index < -0.39 is 17.5 Å². The maximum atomic E-state index is 13.5. The van der Waals surface area contributed by atoms with Crippen molar-refractivity contribution in [2.45, 2.75) is 19.5 Å². The second kappa shape index (κ2) is 3.36. The van der Waals surface area contributed by atoms with Gasteiger partial charge in [0.15, 0.2) is 0 Å². The average molecular weight is 200 g/mol. The van der Waals surface area contributed by atoms with Crippen LogP contribution in [0, 0.1) is 12.7 Å². The van der Waals surface area contributed by atoms with Crippen molar-refractivity contribution >= 4 is 5.97 Å². The van der Waals surface area contributed by atoms with Crippen LogP contribution in [-0.4, -0.2) is 11.1 Å². The normalized spacial score (nSPS) is 14.9. The molecule has 1 aromatic carbocycles. The van der Waals surface area contributed by atoms with E-state index in [1.807, 2.05) is 0 Å². The molecule has 0 amide bonds. The van der Waals surface area contributed by atoms with E-state index in [0.29, 0.717) is 5.56 Å². The van der Waals surface area contributed by atoms with Crippen LogP contribution in [0.1, 0.15) is 18.1 Å². The van der Waals surface area contributed by atoms with E-state index in [1.165, 1.54) is 19.1 Å². The van der Waals surface area contributed by atoms with E-state index in [9.17, 15) is 13.6 Å². The lowest BCUT2D eigenvalue weighted by Crippen LogP contribution is -2.27. The first-order chi connectivity index (χ1) is 6.35. The summed E-state index contributed by atoms with van der Waals surface area (Å²) < 4.78 is 26.5. The van der Waals surface area contributed by atoms with Crippen LogP contribution < -0.4 is 0 Å². The molecule has 0 spiro atoms. The third kappa shape index (κ3) is 1.73. The molecule has 0 aliphatic carbocycles. The van der Waals surface area contributed by atoms with Gasteiger partial charge in [-0.05, 0) is 25.5 Å². The molecular formula is C10H10F2O2. The minimum absolute atomic E-state index is 0.187. The minimum Gasteiger partial charge on any atom is -0.479 e. The minimum atomic E-state index is -2.55. The maximum Gasteiger partial charge on any atom is 0.345 e. The highest BCUT2D eigenvalue weighted by Crippen LogP contribution is 2.26. The van der Waals surface area contributed by atoms with Crippen molar-refractivity contribution in [2.75, 3.05) is 0 Å². The fraction of sp³-hybridized carbons (Fsp3) is 0.300. The van der Waals surface area contributed by atoms with Crippen LogP contribution in [-0.2, 0) is 10.5 Å². The van der Waals surface area contributed by atoms with Gasteiger partial charge in [-0.2, -0.15) is 0 Å². The van der Waals surface area contributed by atoms with Gasteiger partial charge in [0.25, 0.3) is 0 Å². The van der Waals surface area contributed by atoms with Crippen LogP contribution in [0.15, 0.2) is 18.2 Å². The fourth-order valence-corrected chi connectivity index (χ4v) is 1.01. The second-order valence-corrected chi connectivity index (χ2v) is 3.27. The zero-order chi connectivity index (χ0) is 10.9. The lowest BCUT2D eigenvalue weighted by molar-refractivity contribution is -0.150. The molecule has 0 bridgehead atoms. The number of carboxylic acids is 1. The number of aryl methyl sites for hydroxylation is 1. The second-order valence-electron chi connectivity index (χ2n) is 3.27. The average Bonchev–Trinajstić information content (AvgIpc) is 2.09. The molecule has 0 heterocycles. The highest BCUT2D eigenvalue weighted by Gasteiger charge is 2.35. The van der Waals surface area contributed by atoms with Crippen LogP contribution in [0.2, 0.25) is 0 Å². The first kappa shape index (κ1) is 10.6. The molecule has 0 aliphatic rings. The molecule has 14 heavy (non-hydrogen) atoms. The quantitative estimate of drug-likeness (QED) is 0.795. The predicted octanol–water partition coefficient (Wildman–Crippen LogP) is 2.40. The summed E-state index contributed by atoms with van der Waals surface area (Å²) in [6.45, 7) is 2.41. The summed E-state index contributed by atoms with van der Waals surface area (Å²) >= 11 is 0. The molecule has 1 rings (SSSR count). The molecule has 76 valence electrons. The van der Waals surface area contributed by atoms with Crippen LogP contribution in [0.25, 0.3) is 0 Å². The third-order valence-electron chi connectivity index (χ3n) is 2.12. The largest absolute Gasteiger partial charge is 0.479 e. The SMILES string of the molecule is Cc1ccc(C(C)(F)C(=O)O)cc1F. The van der Waals surface area contributed by atoms with Crippen molar-refractivity contribution in [3.05, 3.63) is 35.1 Å². The molecule has 1 unspecified atom stereocenters. The van der Waals surface area contributed by atoms with E-state index in [4.69, 9.17) is 5.11 Å². The number of hydrogen-bond acceptors (Lipinski definition) is 1. The Labute approximate surface area is 80.2 Å². The van der Waals surface area contributed by atoms with Crippen LogP contribution in [0.3, 0.4) is 0 Å². The van der Waals surface area contributed by atoms with Gasteiger partial charge in [-0.1, -0.05) is 12.1 Å². The summed E-state index contributed by atoms with van der Waals surface area (Å²) in [6, 6.07) is 3.53.